The largest absolute Gasteiger partial charge is 0.497 e. The van der Waals surface area contributed by atoms with Gasteiger partial charge >= 0.3 is 5.97 Å². The molecule has 148 valence electrons. The van der Waals surface area contributed by atoms with Crippen LogP contribution in [0.5, 0.6) is 0 Å². The predicted molar refractivity (Wildman–Crippen MR) is 105 cm³/mol. The number of nitrogens with two attached hydrogens (primary N) is 1. The Hall–Kier alpha value is -2.31. The second-order valence-electron chi connectivity index (χ2n) is 7.51. The molecule has 1 heterocycles. The first-order valence-corrected chi connectivity index (χ1v) is 9.22. The predicted octanol–water partition coefficient (Wildman–Crippen LogP) is 2.19. The molecular formula is C21H30N2O4. The molecule has 27 heavy (non-hydrogen) atoms. The first-order chi connectivity index (χ1) is 12.8. The van der Waals surface area contributed by atoms with Crippen molar-refractivity contribution in [1.82, 2.24) is 5.32 Å². The van der Waals surface area contributed by atoms with Crippen molar-refractivity contribution in [1.29, 1.82) is 0 Å². The van der Waals surface area contributed by atoms with Crippen LogP contribution in [0.1, 0.15) is 32.3 Å². The quantitative estimate of drug-likeness (QED) is 0.528. The van der Waals surface area contributed by atoms with E-state index < -0.39 is 23.7 Å². The number of rotatable bonds is 9. The van der Waals surface area contributed by atoms with Crippen molar-refractivity contribution in [3.63, 3.8) is 0 Å². The summed E-state index contributed by atoms with van der Waals surface area (Å²) in [5.41, 5.74) is 6.14. The lowest BCUT2D eigenvalue weighted by molar-refractivity contribution is -0.162. The average Bonchev–Trinajstić information content (AvgIpc) is 2.63. The zero-order valence-corrected chi connectivity index (χ0v) is 16.2. The molecule has 1 aromatic carbocycles. The highest BCUT2D eigenvalue weighted by molar-refractivity contribution is 5.78. The van der Waals surface area contributed by atoms with Gasteiger partial charge in [-0.1, -0.05) is 44.2 Å². The van der Waals surface area contributed by atoms with Crippen LogP contribution in [-0.4, -0.2) is 41.0 Å². The number of hydrogen-bond acceptors (Lipinski definition) is 5. The third-order valence-electron chi connectivity index (χ3n) is 4.84. The SMILES string of the molecule is COC1=CC(C[C@](O)(C(=O)O)[C@@H](N)CC(C)C)NC=C1Cc1ccccc1. The van der Waals surface area contributed by atoms with E-state index >= 15 is 0 Å². The number of ether oxygens (including phenoxy) is 1. The van der Waals surface area contributed by atoms with Crippen molar-refractivity contribution >= 4 is 5.97 Å². The molecule has 0 radical (unpaired) electrons. The zero-order chi connectivity index (χ0) is 20.0. The Bertz CT molecular complexity index is 699. The lowest BCUT2D eigenvalue weighted by Gasteiger charge is -2.34. The second kappa shape index (κ2) is 9.06. The maximum absolute atomic E-state index is 11.7. The van der Waals surface area contributed by atoms with Gasteiger partial charge in [-0.05, 0) is 24.0 Å². The molecule has 0 fully saturated rings. The number of carboxylic acids is 1. The van der Waals surface area contributed by atoms with E-state index in [1.807, 2.05) is 56.5 Å². The highest BCUT2D eigenvalue weighted by Crippen LogP contribution is 2.27. The maximum Gasteiger partial charge on any atom is 0.337 e. The number of hydrogen-bond donors (Lipinski definition) is 4. The first-order valence-electron chi connectivity index (χ1n) is 9.22. The number of aliphatic carboxylic acids is 1. The van der Waals surface area contributed by atoms with Crippen LogP contribution in [0.25, 0.3) is 0 Å². The fourth-order valence-electron chi connectivity index (χ4n) is 3.32. The van der Waals surface area contributed by atoms with Crippen LogP contribution in [0.15, 0.2) is 53.9 Å². The molecule has 0 amide bonds. The minimum absolute atomic E-state index is 0.0435. The lowest BCUT2D eigenvalue weighted by atomic mass is 9.82. The monoisotopic (exact) mass is 374 g/mol. The van der Waals surface area contributed by atoms with E-state index in [1.54, 1.807) is 7.11 Å². The molecule has 1 unspecified atom stereocenters. The van der Waals surface area contributed by atoms with E-state index in [1.165, 1.54) is 0 Å². The number of aliphatic hydroxyl groups is 1. The molecule has 6 nitrogen and oxygen atoms in total. The molecule has 0 aromatic heterocycles. The number of carboxylic acid groups (broad SMARTS) is 1. The Morgan fingerprint density at radius 2 is 2.00 bits per heavy atom. The topological polar surface area (TPSA) is 105 Å². The summed E-state index contributed by atoms with van der Waals surface area (Å²) in [6.45, 7) is 3.89. The van der Waals surface area contributed by atoms with Gasteiger partial charge in [0.2, 0.25) is 0 Å². The van der Waals surface area contributed by atoms with E-state index in [9.17, 15) is 15.0 Å². The van der Waals surface area contributed by atoms with E-state index in [0.29, 0.717) is 18.6 Å². The maximum atomic E-state index is 11.7. The van der Waals surface area contributed by atoms with Crippen LogP contribution in [0.2, 0.25) is 0 Å². The van der Waals surface area contributed by atoms with Crippen LogP contribution in [0.3, 0.4) is 0 Å². The summed E-state index contributed by atoms with van der Waals surface area (Å²) in [6.07, 6.45) is 4.71. The van der Waals surface area contributed by atoms with Gasteiger partial charge < -0.3 is 26.0 Å². The Morgan fingerprint density at radius 3 is 2.56 bits per heavy atom. The minimum atomic E-state index is -2.01. The Kier molecular flexibility index (Phi) is 7.05. The number of allylic oxidation sites excluding steroid dienone is 1. The summed E-state index contributed by atoms with van der Waals surface area (Å²) in [5, 5.41) is 23.5. The summed E-state index contributed by atoms with van der Waals surface area (Å²) >= 11 is 0. The molecule has 3 atom stereocenters. The normalized spacial score (nSPS) is 20.1. The smallest absolute Gasteiger partial charge is 0.337 e. The van der Waals surface area contributed by atoms with Crippen molar-refractivity contribution in [2.45, 2.75) is 50.8 Å². The van der Waals surface area contributed by atoms with E-state index in [0.717, 1.165) is 11.1 Å². The number of methoxy groups -OCH3 is 1. The van der Waals surface area contributed by atoms with Gasteiger partial charge in [-0.25, -0.2) is 4.79 Å². The van der Waals surface area contributed by atoms with Crippen LogP contribution < -0.4 is 11.1 Å². The third-order valence-corrected chi connectivity index (χ3v) is 4.84. The molecule has 1 aliphatic heterocycles. The van der Waals surface area contributed by atoms with Crippen LogP contribution in [0.4, 0.5) is 0 Å². The molecule has 5 N–H and O–H groups in total. The molecule has 6 heteroatoms. The number of benzene rings is 1. The van der Waals surface area contributed by atoms with Crippen molar-refractivity contribution < 1.29 is 19.7 Å². The average molecular weight is 374 g/mol. The van der Waals surface area contributed by atoms with Gasteiger partial charge in [0.25, 0.3) is 0 Å². The van der Waals surface area contributed by atoms with Gasteiger partial charge in [-0.15, -0.1) is 0 Å². The zero-order valence-electron chi connectivity index (χ0n) is 16.2. The Balaban J connectivity index is 2.13. The van der Waals surface area contributed by atoms with E-state index in [-0.39, 0.29) is 12.3 Å². The summed E-state index contributed by atoms with van der Waals surface area (Å²) in [4.78, 5) is 11.7. The van der Waals surface area contributed by atoms with Crippen LogP contribution in [0, 0.1) is 5.92 Å². The second-order valence-corrected chi connectivity index (χ2v) is 7.51. The molecule has 1 aliphatic rings. The first kappa shape index (κ1) is 21.0. The molecule has 0 saturated heterocycles. The number of carbonyl (C=O) groups is 1. The fourth-order valence-corrected chi connectivity index (χ4v) is 3.32. The van der Waals surface area contributed by atoms with Crippen LogP contribution >= 0.6 is 0 Å². The summed E-state index contributed by atoms with van der Waals surface area (Å²) in [5.74, 6) is -0.440. The van der Waals surface area contributed by atoms with Gasteiger partial charge in [0.05, 0.1) is 13.2 Å². The van der Waals surface area contributed by atoms with Crippen molar-refractivity contribution in [2.75, 3.05) is 7.11 Å². The molecule has 0 aliphatic carbocycles. The third kappa shape index (κ3) is 5.34. The standard InChI is InChI=1S/C21H30N2O4/c1-14(2)9-19(22)21(26,20(24)25)12-17-11-18(27-3)16(13-23-17)10-15-7-5-4-6-8-15/h4-8,11,13-14,17,19,23,26H,9-10,12,22H2,1-3H3,(H,24,25)/t17?,19-,21+/m0/s1. The summed E-state index contributed by atoms with van der Waals surface area (Å²) in [6, 6.07) is 8.75. The minimum Gasteiger partial charge on any atom is -0.497 e. The fraction of sp³-hybridized carbons (Fsp3) is 0.476. The number of nitrogens with one attached hydrogen (secondary N) is 1. The molecule has 1 aromatic rings. The van der Waals surface area contributed by atoms with Gasteiger partial charge in [0.15, 0.2) is 5.60 Å². The van der Waals surface area contributed by atoms with Crippen molar-refractivity contribution in [3.05, 3.63) is 59.5 Å². The summed E-state index contributed by atoms with van der Waals surface area (Å²) < 4.78 is 5.50. The van der Waals surface area contributed by atoms with Gasteiger partial charge in [0.1, 0.15) is 5.76 Å². The van der Waals surface area contributed by atoms with Crippen molar-refractivity contribution in [2.24, 2.45) is 11.7 Å². The molecule has 0 bridgehead atoms. The molecular weight excluding hydrogens is 344 g/mol. The molecule has 0 saturated carbocycles. The highest BCUT2D eigenvalue weighted by atomic mass is 16.5. The van der Waals surface area contributed by atoms with E-state index in [4.69, 9.17) is 10.5 Å². The lowest BCUT2D eigenvalue weighted by Crippen LogP contribution is -2.57. The number of dihydropyridines is 1. The van der Waals surface area contributed by atoms with Gasteiger partial charge in [-0.3, -0.25) is 0 Å². The van der Waals surface area contributed by atoms with Crippen LogP contribution in [-0.2, 0) is 16.0 Å². The van der Waals surface area contributed by atoms with Gasteiger partial charge in [-0.2, -0.15) is 0 Å². The Morgan fingerprint density at radius 1 is 1.33 bits per heavy atom. The summed E-state index contributed by atoms with van der Waals surface area (Å²) in [7, 11) is 1.58. The van der Waals surface area contributed by atoms with Gasteiger partial charge in [0, 0.05) is 30.7 Å². The molecule has 2 rings (SSSR count). The molecule has 0 spiro atoms. The Labute approximate surface area is 160 Å². The van der Waals surface area contributed by atoms with Crippen molar-refractivity contribution in [3.8, 4) is 0 Å². The van der Waals surface area contributed by atoms with E-state index in [2.05, 4.69) is 5.32 Å². The highest BCUT2D eigenvalue weighted by Gasteiger charge is 2.44.